The molecule has 3 aromatic rings. The van der Waals surface area contributed by atoms with E-state index in [4.69, 9.17) is 37.9 Å². The molecule has 0 aromatic heterocycles. The molecule has 3 aromatic carbocycles. The first-order valence-electron chi connectivity index (χ1n) is 11.1. The fourth-order valence-corrected chi connectivity index (χ4v) is 4.17. The van der Waals surface area contributed by atoms with Crippen LogP contribution in [0.25, 0.3) is 0 Å². The van der Waals surface area contributed by atoms with Crippen molar-refractivity contribution in [3.05, 3.63) is 77.4 Å². The second kappa shape index (κ2) is 9.06. The van der Waals surface area contributed by atoms with Crippen LogP contribution in [0.15, 0.2) is 60.7 Å². The Kier molecular flexibility index (Phi) is 5.62. The highest BCUT2D eigenvalue weighted by molar-refractivity contribution is 5.45. The molecule has 1 saturated heterocycles. The van der Waals surface area contributed by atoms with Gasteiger partial charge in [0.1, 0.15) is 5.75 Å². The van der Waals surface area contributed by atoms with Gasteiger partial charge in [0.2, 0.25) is 13.6 Å². The lowest BCUT2D eigenvalue weighted by molar-refractivity contribution is -0.386. The van der Waals surface area contributed by atoms with Gasteiger partial charge in [0.15, 0.2) is 41.9 Å². The van der Waals surface area contributed by atoms with E-state index in [1.165, 1.54) is 0 Å². The number of hydrogen-bond donors (Lipinski definition) is 0. The third kappa shape index (κ3) is 4.35. The van der Waals surface area contributed by atoms with Gasteiger partial charge in [0.25, 0.3) is 0 Å². The second-order valence-electron chi connectivity index (χ2n) is 8.16. The van der Waals surface area contributed by atoms with Crippen LogP contribution in [0, 0.1) is 0 Å². The molecule has 8 nitrogen and oxygen atoms in total. The highest BCUT2D eigenvalue weighted by Gasteiger charge is 2.32. The number of benzene rings is 3. The summed E-state index contributed by atoms with van der Waals surface area (Å²) in [6.07, 6.45) is -0.549. The second-order valence-corrected chi connectivity index (χ2v) is 8.16. The lowest BCUT2D eigenvalue weighted by Crippen LogP contribution is -2.38. The van der Waals surface area contributed by atoms with Crippen molar-refractivity contribution in [2.24, 2.45) is 0 Å². The van der Waals surface area contributed by atoms with E-state index >= 15 is 0 Å². The minimum atomic E-state index is -0.585. The Morgan fingerprint density at radius 1 is 0.647 bits per heavy atom. The van der Waals surface area contributed by atoms with Crippen molar-refractivity contribution in [1.82, 2.24) is 0 Å². The van der Waals surface area contributed by atoms with E-state index in [1.54, 1.807) is 7.11 Å². The van der Waals surface area contributed by atoms with E-state index in [9.17, 15) is 0 Å². The van der Waals surface area contributed by atoms with Gasteiger partial charge < -0.3 is 37.9 Å². The summed E-state index contributed by atoms with van der Waals surface area (Å²) in [7, 11) is 1.64. The van der Waals surface area contributed by atoms with Crippen LogP contribution in [-0.2, 0) is 27.1 Å². The first-order valence-corrected chi connectivity index (χ1v) is 11.1. The molecular weight excluding hydrogens is 440 g/mol. The van der Waals surface area contributed by atoms with Gasteiger partial charge in [-0.05, 0) is 47.5 Å². The summed E-state index contributed by atoms with van der Waals surface area (Å²) >= 11 is 0. The number of hydrogen-bond acceptors (Lipinski definition) is 8. The van der Waals surface area contributed by atoms with Gasteiger partial charge in [-0.2, -0.15) is 0 Å². The molecule has 0 radical (unpaired) electrons. The van der Waals surface area contributed by atoms with Crippen molar-refractivity contribution >= 4 is 0 Å². The molecule has 8 heteroatoms. The molecule has 6 rings (SSSR count). The maximum Gasteiger partial charge on any atom is 0.231 e. The average molecular weight is 464 g/mol. The van der Waals surface area contributed by atoms with Crippen LogP contribution >= 0.6 is 0 Å². The van der Waals surface area contributed by atoms with Gasteiger partial charge in [0, 0.05) is 18.4 Å². The first-order chi connectivity index (χ1) is 16.7. The number of ether oxygens (including phenoxy) is 8. The van der Waals surface area contributed by atoms with E-state index in [0.717, 1.165) is 45.4 Å². The molecule has 3 aliphatic heterocycles. The van der Waals surface area contributed by atoms with Crippen molar-refractivity contribution < 1.29 is 37.9 Å². The monoisotopic (exact) mass is 464 g/mol. The van der Waals surface area contributed by atoms with Crippen LogP contribution in [-0.4, -0.2) is 33.3 Å². The lowest BCUT2D eigenvalue weighted by Gasteiger charge is -2.36. The summed E-state index contributed by atoms with van der Waals surface area (Å²) < 4.78 is 45.8. The molecular formula is C26H24O8. The zero-order valence-corrected chi connectivity index (χ0v) is 18.6. The van der Waals surface area contributed by atoms with Crippen molar-refractivity contribution in [2.75, 3.05) is 20.7 Å². The summed E-state index contributed by atoms with van der Waals surface area (Å²) in [6, 6.07) is 19.3. The Hall–Kier alpha value is -3.46. The summed E-state index contributed by atoms with van der Waals surface area (Å²) in [5.74, 6) is 3.72. The molecule has 0 aliphatic carbocycles. The molecule has 3 heterocycles. The van der Waals surface area contributed by atoms with E-state index in [1.807, 2.05) is 60.7 Å². The molecule has 2 unspecified atom stereocenters. The lowest BCUT2D eigenvalue weighted by atomic mass is 10.1. The Labute approximate surface area is 196 Å². The molecule has 176 valence electrons. The van der Waals surface area contributed by atoms with Crippen LogP contribution in [0.2, 0.25) is 0 Å². The van der Waals surface area contributed by atoms with Crippen molar-refractivity contribution in [2.45, 2.75) is 31.7 Å². The molecule has 1 fully saturated rings. The predicted octanol–water partition coefficient (Wildman–Crippen LogP) is 4.35. The van der Waals surface area contributed by atoms with Gasteiger partial charge in [-0.25, -0.2) is 0 Å². The smallest absolute Gasteiger partial charge is 0.231 e. The predicted molar refractivity (Wildman–Crippen MR) is 119 cm³/mol. The third-order valence-electron chi connectivity index (χ3n) is 5.92. The average Bonchev–Trinajstić information content (AvgIpc) is 3.53. The maximum absolute atomic E-state index is 6.22. The molecule has 34 heavy (non-hydrogen) atoms. The Bertz CT molecular complexity index is 1090. The van der Waals surface area contributed by atoms with E-state index in [0.29, 0.717) is 12.8 Å². The van der Waals surface area contributed by atoms with Crippen LogP contribution in [0.3, 0.4) is 0 Å². The molecule has 0 amide bonds. The zero-order chi connectivity index (χ0) is 22.9. The summed E-state index contributed by atoms with van der Waals surface area (Å²) in [5, 5.41) is 0. The number of methoxy groups -OCH3 is 1. The van der Waals surface area contributed by atoms with Crippen LogP contribution in [0.4, 0.5) is 0 Å². The van der Waals surface area contributed by atoms with Gasteiger partial charge >= 0.3 is 0 Å². The maximum atomic E-state index is 6.22. The van der Waals surface area contributed by atoms with Crippen molar-refractivity contribution in [3.8, 4) is 28.7 Å². The standard InChI is InChI=1S/C26H24O8/c1-27-19-6-4-18(5-7-19)26-33-24(12-16-2-8-20-22(10-16)30-14-28-20)32-25(34-26)13-17-3-9-21-23(11-17)31-15-29-21/h2-11,24-26H,12-15H2,1H3. The minimum absolute atomic E-state index is 0.236. The van der Waals surface area contributed by atoms with E-state index in [2.05, 4.69) is 0 Å². The van der Waals surface area contributed by atoms with Gasteiger partial charge in [-0.3, -0.25) is 0 Å². The quantitative estimate of drug-likeness (QED) is 0.533. The fraction of sp³-hybridized carbons (Fsp3) is 0.308. The summed E-state index contributed by atoms with van der Waals surface area (Å²) in [6.45, 7) is 0.473. The van der Waals surface area contributed by atoms with Gasteiger partial charge in [-0.15, -0.1) is 0 Å². The largest absolute Gasteiger partial charge is 0.497 e. The molecule has 0 N–H and O–H groups in total. The highest BCUT2D eigenvalue weighted by Crippen LogP contribution is 2.37. The van der Waals surface area contributed by atoms with Gasteiger partial charge in [0.05, 0.1) is 7.11 Å². The topological polar surface area (TPSA) is 73.8 Å². The normalized spacial score (nSPS) is 22.6. The zero-order valence-electron chi connectivity index (χ0n) is 18.6. The van der Waals surface area contributed by atoms with Gasteiger partial charge in [-0.1, -0.05) is 24.3 Å². The molecule has 0 spiro atoms. The number of fused-ring (bicyclic) bond motifs is 2. The van der Waals surface area contributed by atoms with Crippen molar-refractivity contribution in [3.63, 3.8) is 0 Å². The first kappa shape index (κ1) is 21.1. The SMILES string of the molecule is COc1ccc(C2OC(Cc3ccc4c(c3)OCO4)OC(Cc3ccc4c(c3)OCO4)O2)cc1. The molecule has 0 bridgehead atoms. The molecule has 0 saturated carbocycles. The molecule has 3 aliphatic rings. The van der Waals surface area contributed by atoms with Crippen LogP contribution in [0.5, 0.6) is 28.7 Å². The van der Waals surface area contributed by atoms with Crippen LogP contribution in [0.1, 0.15) is 23.0 Å². The van der Waals surface area contributed by atoms with E-state index < -0.39 is 18.9 Å². The van der Waals surface area contributed by atoms with E-state index in [-0.39, 0.29) is 13.6 Å². The Balaban J connectivity index is 1.22. The molecule has 2 atom stereocenters. The van der Waals surface area contributed by atoms with Crippen molar-refractivity contribution in [1.29, 1.82) is 0 Å². The Morgan fingerprint density at radius 3 is 1.71 bits per heavy atom. The highest BCUT2D eigenvalue weighted by atomic mass is 16.9. The fourth-order valence-electron chi connectivity index (χ4n) is 4.17. The Morgan fingerprint density at radius 2 is 1.18 bits per heavy atom. The minimum Gasteiger partial charge on any atom is -0.497 e. The van der Waals surface area contributed by atoms with Crippen LogP contribution < -0.4 is 23.7 Å². The summed E-state index contributed by atoms with van der Waals surface area (Å²) in [5.41, 5.74) is 2.92. The third-order valence-corrected chi connectivity index (χ3v) is 5.92. The summed E-state index contributed by atoms with van der Waals surface area (Å²) in [4.78, 5) is 0. The number of rotatable bonds is 6.